The van der Waals surface area contributed by atoms with Crippen molar-refractivity contribution in [1.82, 2.24) is 4.57 Å². The lowest BCUT2D eigenvalue weighted by molar-refractivity contribution is 0.669. The van der Waals surface area contributed by atoms with E-state index in [2.05, 4.69) is 99.0 Å². The molecule has 5 rings (SSSR count). The number of fused-ring (bicyclic) bond motifs is 4. The summed E-state index contributed by atoms with van der Waals surface area (Å²) in [4.78, 5) is 0. The highest BCUT2D eigenvalue weighted by Gasteiger charge is 2.15. The Balaban J connectivity index is 1.87. The minimum Gasteiger partial charge on any atom is -0.456 e. The minimum absolute atomic E-state index is 0.931. The number of aryl methyl sites for hydroxylation is 3. The fourth-order valence-corrected chi connectivity index (χ4v) is 4.23. The van der Waals surface area contributed by atoms with Gasteiger partial charge in [0.15, 0.2) is 0 Å². The van der Waals surface area contributed by atoms with Crippen molar-refractivity contribution in [1.29, 1.82) is 0 Å². The molecule has 0 aliphatic rings. The monoisotopic (exact) mass is 365 g/mol. The molecule has 5 aromatic rings. The predicted molar refractivity (Wildman–Crippen MR) is 119 cm³/mol. The van der Waals surface area contributed by atoms with Crippen LogP contribution in [0.25, 0.3) is 44.6 Å². The highest BCUT2D eigenvalue weighted by molar-refractivity contribution is 6.06. The molecule has 0 aliphatic heterocycles. The maximum absolute atomic E-state index is 6.06. The zero-order chi connectivity index (χ0) is 19.4. The van der Waals surface area contributed by atoms with Crippen LogP contribution in [0.5, 0.6) is 0 Å². The van der Waals surface area contributed by atoms with Crippen LogP contribution in [0.1, 0.15) is 29.3 Å². The second-order valence-corrected chi connectivity index (χ2v) is 7.65. The molecular weight excluding hydrogens is 342 g/mol. The van der Waals surface area contributed by atoms with Gasteiger partial charge in [-0.25, -0.2) is 0 Å². The second-order valence-electron chi connectivity index (χ2n) is 7.65. The lowest BCUT2D eigenvalue weighted by atomic mass is 10.1. The topological polar surface area (TPSA) is 18.1 Å². The Labute approximate surface area is 164 Å². The van der Waals surface area contributed by atoms with Crippen LogP contribution >= 0.6 is 0 Å². The summed E-state index contributed by atoms with van der Waals surface area (Å²) in [5, 5.41) is 3.64. The number of nitrogens with zero attached hydrogens (tertiary/aromatic N) is 1. The average molecular weight is 365 g/mol. The lowest BCUT2D eigenvalue weighted by Gasteiger charge is -2.10. The van der Waals surface area contributed by atoms with Gasteiger partial charge in [-0.1, -0.05) is 29.3 Å². The van der Waals surface area contributed by atoms with Crippen LogP contribution in [0.4, 0.5) is 0 Å². The number of aromatic nitrogens is 1. The molecule has 0 N–H and O–H groups in total. The molecule has 138 valence electrons. The Hall–Kier alpha value is -3.26. The van der Waals surface area contributed by atoms with Gasteiger partial charge in [0.05, 0.1) is 5.52 Å². The van der Waals surface area contributed by atoms with Crippen molar-refractivity contribution < 1.29 is 4.42 Å². The van der Waals surface area contributed by atoms with Crippen LogP contribution < -0.4 is 0 Å². The van der Waals surface area contributed by atoms with Crippen LogP contribution in [0.3, 0.4) is 0 Å². The molecule has 0 aliphatic carbocycles. The number of benzene rings is 3. The van der Waals surface area contributed by atoms with Gasteiger partial charge in [0.1, 0.15) is 11.2 Å². The normalized spacial score (nSPS) is 12.1. The number of hydrogen-bond donors (Lipinski definition) is 0. The first-order valence-corrected chi connectivity index (χ1v) is 9.74. The van der Waals surface area contributed by atoms with Crippen molar-refractivity contribution >= 4 is 38.9 Å². The molecule has 0 fully saturated rings. The highest BCUT2D eigenvalue weighted by atomic mass is 16.3. The van der Waals surface area contributed by atoms with E-state index in [1.54, 1.807) is 0 Å². The van der Waals surface area contributed by atoms with Crippen molar-refractivity contribution in [2.45, 2.75) is 27.7 Å². The van der Waals surface area contributed by atoms with Crippen LogP contribution in [0.2, 0.25) is 0 Å². The molecule has 0 amide bonds. The van der Waals surface area contributed by atoms with Gasteiger partial charge in [0.25, 0.3) is 0 Å². The predicted octanol–water partition coefficient (Wildman–Crippen LogP) is 7.49. The summed E-state index contributed by atoms with van der Waals surface area (Å²) in [5.41, 5.74) is 9.33. The zero-order valence-electron chi connectivity index (χ0n) is 16.7. The molecule has 28 heavy (non-hydrogen) atoms. The Kier molecular flexibility index (Phi) is 3.70. The summed E-state index contributed by atoms with van der Waals surface area (Å²) in [6.45, 7) is 8.56. The molecule has 0 radical (unpaired) electrons. The number of hydrogen-bond acceptors (Lipinski definition) is 1. The van der Waals surface area contributed by atoms with Crippen molar-refractivity contribution in [2.24, 2.45) is 0 Å². The van der Waals surface area contributed by atoms with Gasteiger partial charge in [-0.15, -0.1) is 0 Å². The molecule has 3 aromatic carbocycles. The molecule has 2 heterocycles. The molecule has 2 heteroatoms. The van der Waals surface area contributed by atoms with E-state index in [0.29, 0.717) is 0 Å². The summed E-state index contributed by atoms with van der Waals surface area (Å²) in [7, 11) is 0. The van der Waals surface area contributed by atoms with E-state index in [-0.39, 0.29) is 0 Å². The highest BCUT2D eigenvalue weighted by Crippen LogP contribution is 2.35. The van der Waals surface area contributed by atoms with Gasteiger partial charge in [0.2, 0.25) is 0 Å². The van der Waals surface area contributed by atoms with Crippen LogP contribution in [0, 0.1) is 20.8 Å². The summed E-state index contributed by atoms with van der Waals surface area (Å²) in [6, 6.07) is 19.6. The standard InChI is InChI=1S/C26H23NO/c1-5-6-23-18(4)20-13-16(2)7-10-24(20)27(23)19-9-12-26-22(15-19)21-14-17(3)8-11-25(21)28-26/h5-15H,1-4H3/b6-5-. The first kappa shape index (κ1) is 16.9. The van der Waals surface area contributed by atoms with Crippen molar-refractivity contribution in [3.8, 4) is 5.69 Å². The van der Waals surface area contributed by atoms with Crippen molar-refractivity contribution in [3.05, 3.63) is 83.1 Å². The van der Waals surface area contributed by atoms with Gasteiger partial charge in [-0.3, -0.25) is 0 Å². The zero-order valence-corrected chi connectivity index (χ0v) is 16.7. The van der Waals surface area contributed by atoms with E-state index in [9.17, 15) is 0 Å². The quantitative estimate of drug-likeness (QED) is 0.317. The fraction of sp³-hybridized carbons (Fsp3) is 0.154. The largest absolute Gasteiger partial charge is 0.456 e. The Morgan fingerprint density at radius 1 is 0.750 bits per heavy atom. The average Bonchev–Trinajstić information content (AvgIpc) is 3.17. The summed E-state index contributed by atoms with van der Waals surface area (Å²) >= 11 is 0. The van der Waals surface area contributed by atoms with Gasteiger partial charge < -0.3 is 8.98 Å². The van der Waals surface area contributed by atoms with Gasteiger partial charge in [-0.05, 0) is 81.8 Å². The Morgan fingerprint density at radius 2 is 1.39 bits per heavy atom. The number of rotatable bonds is 2. The minimum atomic E-state index is 0.931. The third kappa shape index (κ3) is 2.41. The maximum Gasteiger partial charge on any atom is 0.135 e. The van der Waals surface area contributed by atoms with E-state index in [1.807, 2.05) is 0 Å². The molecule has 0 spiro atoms. The second kappa shape index (κ2) is 6.13. The first-order valence-electron chi connectivity index (χ1n) is 9.74. The van der Waals surface area contributed by atoms with E-state index >= 15 is 0 Å². The van der Waals surface area contributed by atoms with Gasteiger partial charge >= 0.3 is 0 Å². The third-order valence-corrected chi connectivity index (χ3v) is 5.61. The molecule has 2 nitrogen and oxygen atoms in total. The Morgan fingerprint density at radius 3 is 2.14 bits per heavy atom. The molecule has 0 atom stereocenters. The van der Waals surface area contributed by atoms with Gasteiger partial charge in [-0.2, -0.15) is 0 Å². The maximum atomic E-state index is 6.06. The fourth-order valence-electron chi connectivity index (χ4n) is 4.23. The molecule has 0 saturated carbocycles. The van der Waals surface area contributed by atoms with Crippen molar-refractivity contribution in [2.75, 3.05) is 0 Å². The molecular formula is C26H23NO. The van der Waals surface area contributed by atoms with E-state index in [1.165, 1.54) is 38.7 Å². The lowest BCUT2D eigenvalue weighted by Crippen LogP contribution is -1.97. The van der Waals surface area contributed by atoms with Crippen LogP contribution in [-0.4, -0.2) is 4.57 Å². The molecule has 0 saturated heterocycles. The number of furan rings is 1. The van der Waals surface area contributed by atoms with Gasteiger partial charge in [0, 0.05) is 27.5 Å². The van der Waals surface area contributed by atoms with E-state index in [4.69, 9.17) is 4.42 Å². The van der Waals surface area contributed by atoms with Crippen LogP contribution in [0.15, 0.2) is 65.1 Å². The summed E-state index contributed by atoms with van der Waals surface area (Å²) in [6.07, 6.45) is 4.31. The molecule has 2 aromatic heterocycles. The molecule has 0 unspecified atom stereocenters. The number of allylic oxidation sites excluding steroid dienone is 1. The smallest absolute Gasteiger partial charge is 0.135 e. The van der Waals surface area contributed by atoms with Crippen LogP contribution in [-0.2, 0) is 0 Å². The Bertz CT molecular complexity index is 1400. The third-order valence-electron chi connectivity index (χ3n) is 5.61. The van der Waals surface area contributed by atoms with E-state index in [0.717, 1.165) is 22.2 Å². The summed E-state index contributed by atoms with van der Waals surface area (Å²) in [5.74, 6) is 0. The SMILES string of the molecule is C/C=C\c1c(C)c2cc(C)ccc2n1-c1ccc2oc3ccc(C)cc3c2c1. The summed E-state index contributed by atoms with van der Waals surface area (Å²) < 4.78 is 8.42. The van der Waals surface area contributed by atoms with E-state index < -0.39 is 0 Å². The first-order chi connectivity index (χ1) is 13.6. The van der Waals surface area contributed by atoms with Crippen molar-refractivity contribution in [3.63, 3.8) is 0 Å². The molecule has 0 bridgehead atoms.